The van der Waals surface area contributed by atoms with Crippen molar-refractivity contribution in [3.63, 3.8) is 0 Å². The lowest BCUT2D eigenvalue weighted by atomic mass is 10.7. The van der Waals surface area contributed by atoms with E-state index >= 15 is 0 Å². The van der Waals surface area contributed by atoms with Crippen molar-refractivity contribution in [3.8, 4) is 0 Å². The zero-order chi connectivity index (χ0) is 8.97. The Hall–Kier alpha value is -0.970. The average molecular weight is 229 g/mol. The van der Waals surface area contributed by atoms with Gasteiger partial charge in [-0.1, -0.05) is 0 Å². The minimum atomic E-state index is 0.465. The summed E-state index contributed by atoms with van der Waals surface area (Å²) in [5.74, 6) is 0.465. The van der Waals surface area contributed by atoms with Gasteiger partial charge in [0, 0.05) is 26.5 Å². The molecule has 1 heterocycles. The van der Waals surface area contributed by atoms with Crippen LogP contribution in [0.1, 0.15) is 0 Å². The molecule has 12 heavy (non-hydrogen) atoms. The fraction of sp³-hybridized carbons (Fsp3) is 0.286. The standard InChI is InChI=1S/C7H9BrN4/c1-12(2)5-11-7-9-3-6(8)4-10-7/h3-5H,1-2H3/b11-5+. The second kappa shape index (κ2) is 4.15. The lowest BCUT2D eigenvalue weighted by molar-refractivity contribution is 0.642. The first-order valence-electron chi connectivity index (χ1n) is 3.36. The Morgan fingerprint density at radius 3 is 2.50 bits per heavy atom. The molecule has 0 saturated heterocycles. The maximum Gasteiger partial charge on any atom is 0.250 e. The zero-order valence-electron chi connectivity index (χ0n) is 6.90. The van der Waals surface area contributed by atoms with Crippen LogP contribution in [-0.2, 0) is 0 Å². The van der Waals surface area contributed by atoms with E-state index < -0.39 is 0 Å². The minimum absolute atomic E-state index is 0.465. The van der Waals surface area contributed by atoms with Gasteiger partial charge in [-0.15, -0.1) is 0 Å². The molecule has 0 spiro atoms. The summed E-state index contributed by atoms with van der Waals surface area (Å²) in [6, 6.07) is 0. The summed E-state index contributed by atoms with van der Waals surface area (Å²) in [5.41, 5.74) is 0. The van der Waals surface area contributed by atoms with Crippen LogP contribution in [0, 0.1) is 0 Å². The predicted octanol–water partition coefficient (Wildman–Crippen LogP) is 1.46. The average Bonchev–Trinajstić information content (AvgIpc) is 2.03. The number of aliphatic imine (C=N–C) groups is 1. The molecule has 0 aromatic carbocycles. The van der Waals surface area contributed by atoms with Crippen LogP contribution in [0.15, 0.2) is 21.9 Å². The fourth-order valence-electron chi connectivity index (χ4n) is 0.539. The van der Waals surface area contributed by atoms with Crippen LogP contribution in [0.4, 0.5) is 5.95 Å². The Bertz CT molecular complexity index is 267. The van der Waals surface area contributed by atoms with E-state index in [1.54, 1.807) is 18.7 Å². The van der Waals surface area contributed by atoms with Crippen molar-refractivity contribution in [1.82, 2.24) is 14.9 Å². The van der Waals surface area contributed by atoms with Crippen molar-refractivity contribution in [3.05, 3.63) is 16.9 Å². The molecule has 5 heteroatoms. The minimum Gasteiger partial charge on any atom is -0.369 e. The summed E-state index contributed by atoms with van der Waals surface area (Å²) in [7, 11) is 3.78. The Morgan fingerprint density at radius 2 is 2.00 bits per heavy atom. The van der Waals surface area contributed by atoms with E-state index in [9.17, 15) is 0 Å². The van der Waals surface area contributed by atoms with Crippen LogP contribution in [0.25, 0.3) is 0 Å². The first kappa shape index (κ1) is 9.12. The first-order chi connectivity index (χ1) is 5.68. The van der Waals surface area contributed by atoms with Crippen molar-refractivity contribution < 1.29 is 0 Å². The van der Waals surface area contributed by atoms with Crippen molar-refractivity contribution in [1.29, 1.82) is 0 Å². The van der Waals surface area contributed by atoms with Gasteiger partial charge in [-0.3, -0.25) is 0 Å². The van der Waals surface area contributed by atoms with Gasteiger partial charge in [0.2, 0.25) is 0 Å². The van der Waals surface area contributed by atoms with E-state index in [1.165, 1.54) is 0 Å². The van der Waals surface area contributed by atoms with Gasteiger partial charge in [0.1, 0.15) is 0 Å². The lowest BCUT2D eigenvalue weighted by Gasteiger charge is -2.00. The molecular weight excluding hydrogens is 220 g/mol. The van der Waals surface area contributed by atoms with Crippen molar-refractivity contribution in [2.45, 2.75) is 0 Å². The SMILES string of the molecule is CN(C)/C=N/c1ncc(Br)cn1. The van der Waals surface area contributed by atoms with Crippen LogP contribution >= 0.6 is 15.9 Å². The second-order valence-corrected chi connectivity index (χ2v) is 3.33. The van der Waals surface area contributed by atoms with E-state index in [4.69, 9.17) is 0 Å². The summed E-state index contributed by atoms with van der Waals surface area (Å²) in [6.45, 7) is 0. The van der Waals surface area contributed by atoms with Crippen molar-refractivity contribution in [2.75, 3.05) is 14.1 Å². The van der Waals surface area contributed by atoms with E-state index in [1.807, 2.05) is 19.0 Å². The third kappa shape index (κ3) is 2.96. The van der Waals surface area contributed by atoms with E-state index in [0.717, 1.165) is 4.47 Å². The largest absolute Gasteiger partial charge is 0.369 e. The Labute approximate surface area is 79.5 Å². The normalized spacial score (nSPS) is 10.6. The fourth-order valence-corrected chi connectivity index (χ4v) is 0.744. The number of rotatable bonds is 2. The first-order valence-corrected chi connectivity index (χ1v) is 4.16. The molecule has 1 rings (SSSR count). The molecule has 0 saturated carbocycles. The van der Waals surface area contributed by atoms with Gasteiger partial charge >= 0.3 is 0 Å². The molecule has 0 fully saturated rings. The number of hydrogen-bond donors (Lipinski definition) is 0. The molecule has 0 amide bonds. The summed E-state index contributed by atoms with van der Waals surface area (Å²) in [5, 5.41) is 0. The van der Waals surface area contributed by atoms with E-state index in [0.29, 0.717) is 5.95 Å². The van der Waals surface area contributed by atoms with Crippen molar-refractivity contribution in [2.24, 2.45) is 4.99 Å². The summed E-state index contributed by atoms with van der Waals surface area (Å²) in [4.78, 5) is 13.8. The number of hydrogen-bond acceptors (Lipinski definition) is 3. The van der Waals surface area contributed by atoms with Gasteiger partial charge in [-0.25, -0.2) is 15.0 Å². The molecule has 0 aliphatic rings. The second-order valence-electron chi connectivity index (χ2n) is 2.41. The van der Waals surface area contributed by atoms with Gasteiger partial charge in [0.25, 0.3) is 5.95 Å². The molecule has 0 radical (unpaired) electrons. The molecule has 0 atom stereocenters. The van der Waals surface area contributed by atoms with Gasteiger partial charge < -0.3 is 4.90 Å². The summed E-state index contributed by atoms with van der Waals surface area (Å²) in [6.07, 6.45) is 4.98. The van der Waals surface area contributed by atoms with E-state index in [2.05, 4.69) is 30.9 Å². The van der Waals surface area contributed by atoms with Gasteiger partial charge in [0.05, 0.1) is 10.8 Å². The van der Waals surface area contributed by atoms with Gasteiger partial charge in [0.15, 0.2) is 0 Å². The quantitative estimate of drug-likeness (QED) is 0.569. The molecule has 0 unspecified atom stereocenters. The third-order valence-electron chi connectivity index (χ3n) is 1.01. The predicted molar refractivity (Wildman–Crippen MR) is 51.6 cm³/mol. The molecule has 0 aliphatic carbocycles. The number of aromatic nitrogens is 2. The molecule has 0 aliphatic heterocycles. The van der Waals surface area contributed by atoms with E-state index in [-0.39, 0.29) is 0 Å². The topological polar surface area (TPSA) is 41.4 Å². The molecule has 0 N–H and O–H groups in total. The smallest absolute Gasteiger partial charge is 0.250 e. The lowest BCUT2D eigenvalue weighted by Crippen LogP contribution is -2.07. The third-order valence-corrected chi connectivity index (χ3v) is 1.42. The molecule has 1 aromatic heterocycles. The molecule has 4 nitrogen and oxygen atoms in total. The maximum atomic E-state index is 4.00. The monoisotopic (exact) mass is 228 g/mol. The van der Waals surface area contributed by atoms with Gasteiger partial charge in [-0.05, 0) is 15.9 Å². The molecule has 0 bridgehead atoms. The Balaban J connectivity index is 2.71. The zero-order valence-corrected chi connectivity index (χ0v) is 8.48. The highest BCUT2D eigenvalue weighted by Gasteiger charge is 1.90. The number of nitrogens with zero attached hydrogens (tertiary/aromatic N) is 4. The molecule has 64 valence electrons. The van der Waals surface area contributed by atoms with Crippen LogP contribution < -0.4 is 0 Å². The molecule has 1 aromatic rings. The summed E-state index contributed by atoms with van der Waals surface area (Å²) >= 11 is 3.24. The van der Waals surface area contributed by atoms with Crippen LogP contribution in [-0.4, -0.2) is 35.3 Å². The highest BCUT2D eigenvalue weighted by Crippen LogP contribution is 2.08. The summed E-state index contributed by atoms with van der Waals surface area (Å²) < 4.78 is 0.853. The highest BCUT2D eigenvalue weighted by atomic mass is 79.9. The Kier molecular flexibility index (Phi) is 3.16. The van der Waals surface area contributed by atoms with Crippen molar-refractivity contribution >= 4 is 28.2 Å². The highest BCUT2D eigenvalue weighted by molar-refractivity contribution is 9.10. The maximum absolute atomic E-state index is 4.00. The van der Waals surface area contributed by atoms with Crippen LogP contribution in [0.2, 0.25) is 0 Å². The van der Waals surface area contributed by atoms with Crippen LogP contribution in [0.5, 0.6) is 0 Å². The van der Waals surface area contributed by atoms with Crippen LogP contribution in [0.3, 0.4) is 0 Å². The number of halogens is 1. The van der Waals surface area contributed by atoms with Gasteiger partial charge in [-0.2, -0.15) is 0 Å². The molecular formula is C7H9BrN4. The Morgan fingerprint density at radius 1 is 1.42 bits per heavy atom.